The number of likely N-dealkylation sites (tertiary alicyclic amines) is 1. The molecule has 1 aromatic carbocycles. The van der Waals surface area contributed by atoms with Crippen LogP contribution in [0.5, 0.6) is 5.75 Å². The molecule has 0 bridgehead atoms. The zero-order chi connectivity index (χ0) is 21.0. The number of hydrogen-bond donors (Lipinski definition) is 0. The van der Waals surface area contributed by atoms with Gasteiger partial charge < -0.3 is 14.2 Å². The molecule has 0 aliphatic carbocycles. The fourth-order valence-electron chi connectivity index (χ4n) is 4.23. The Bertz CT molecular complexity index is 825. The largest absolute Gasteiger partial charge is 0.497 e. The summed E-state index contributed by atoms with van der Waals surface area (Å²) >= 11 is 0. The van der Waals surface area contributed by atoms with E-state index in [-0.39, 0.29) is 17.2 Å². The van der Waals surface area contributed by atoms with E-state index in [1.54, 1.807) is 7.11 Å². The topological polar surface area (TPSA) is 68.5 Å². The van der Waals surface area contributed by atoms with E-state index in [9.17, 15) is 4.79 Å². The highest BCUT2D eigenvalue weighted by molar-refractivity contribution is 5.76. The first-order valence-electron chi connectivity index (χ1n) is 10.5. The average molecular weight is 400 g/mol. The minimum absolute atomic E-state index is 0.0949. The van der Waals surface area contributed by atoms with Crippen LogP contribution in [0.2, 0.25) is 0 Å². The van der Waals surface area contributed by atoms with E-state index in [1.807, 2.05) is 29.2 Å². The fraction of sp³-hybridized carbons (Fsp3) is 0.609. The van der Waals surface area contributed by atoms with Crippen LogP contribution in [0.25, 0.3) is 11.4 Å². The van der Waals surface area contributed by atoms with Crippen molar-refractivity contribution in [1.82, 2.24) is 15.0 Å². The van der Waals surface area contributed by atoms with Gasteiger partial charge in [-0.3, -0.25) is 4.79 Å². The summed E-state index contributed by atoms with van der Waals surface area (Å²) in [5, 5.41) is 4.15. The van der Waals surface area contributed by atoms with Crippen LogP contribution in [0.4, 0.5) is 0 Å². The summed E-state index contributed by atoms with van der Waals surface area (Å²) in [7, 11) is 1.64. The van der Waals surface area contributed by atoms with E-state index in [0.29, 0.717) is 30.6 Å². The minimum atomic E-state index is 0.0949. The standard InChI is InChI=1S/C23H33N3O3/c1-16(14-23(2,3)4)12-20(27)26-11-7-9-18(15-26)22-24-21(25-29-22)17-8-6-10-19(13-17)28-5/h6,8,10,13,16,18H,7,9,11-12,14-15H2,1-5H3/t16-,18+/m0/s1. The number of methoxy groups -OCH3 is 1. The highest BCUT2D eigenvalue weighted by Gasteiger charge is 2.29. The number of carbonyl (C=O) groups excluding carboxylic acids is 1. The Morgan fingerprint density at radius 2 is 2.17 bits per heavy atom. The lowest BCUT2D eigenvalue weighted by Gasteiger charge is -2.32. The van der Waals surface area contributed by atoms with Crippen molar-refractivity contribution in [3.8, 4) is 17.1 Å². The van der Waals surface area contributed by atoms with Gasteiger partial charge in [0.05, 0.1) is 13.0 Å². The number of piperidine rings is 1. The zero-order valence-electron chi connectivity index (χ0n) is 18.3. The lowest BCUT2D eigenvalue weighted by Crippen LogP contribution is -2.40. The second kappa shape index (κ2) is 8.97. The molecule has 2 atom stereocenters. The zero-order valence-corrected chi connectivity index (χ0v) is 18.3. The number of rotatable bonds is 6. The molecule has 6 nitrogen and oxygen atoms in total. The van der Waals surface area contributed by atoms with E-state index in [4.69, 9.17) is 9.26 Å². The van der Waals surface area contributed by atoms with Gasteiger partial charge in [-0.2, -0.15) is 4.98 Å². The van der Waals surface area contributed by atoms with Crippen LogP contribution in [-0.4, -0.2) is 41.1 Å². The van der Waals surface area contributed by atoms with Crippen LogP contribution in [0.15, 0.2) is 28.8 Å². The number of nitrogens with zero attached hydrogens (tertiary/aromatic N) is 3. The molecule has 29 heavy (non-hydrogen) atoms. The number of amides is 1. The maximum Gasteiger partial charge on any atom is 0.231 e. The summed E-state index contributed by atoms with van der Waals surface area (Å²) in [6.07, 6.45) is 3.56. The molecular weight excluding hydrogens is 366 g/mol. The van der Waals surface area contributed by atoms with Crippen molar-refractivity contribution < 1.29 is 14.1 Å². The van der Waals surface area contributed by atoms with Gasteiger partial charge in [0, 0.05) is 25.1 Å². The smallest absolute Gasteiger partial charge is 0.231 e. The van der Waals surface area contributed by atoms with Crippen LogP contribution in [0.3, 0.4) is 0 Å². The Morgan fingerprint density at radius 3 is 2.90 bits per heavy atom. The van der Waals surface area contributed by atoms with Crippen molar-refractivity contribution in [2.45, 2.75) is 59.3 Å². The Morgan fingerprint density at radius 1 is 1.38 bits per heavy atom. The first-order chi connectivity index (χ1) is 13.7. The highest BCUT2D eigenvalue weighted by atomic mass is 16.5. The molecule has 6 heteroatoms. The lowest BCUT2D eigenvalue weighted by molar-refractivity contribution is -0.133. The predicted molar refractivity (Wildman–Crippen MR) is 113 cm³/mol. The Balaban J connectivity index is 1.63. The van der Waals surface area contributed by atoms with Gasteiger partial charge in [-0.25, -0.2) is 0 Å². The maximum atomic E-state index is 12.8. The molecule has 1 amide bonds. The normalized spacial score (nSPS) is 18.5. The number of benzene rings is 1. The third-order valence-corrected chi connectivity index (χ3v) is 5.38. The van der Waals surface area contributed by atoms with Crippen LogP contribution in [0.1, 0.15) is 65.2 Å². The second-order valence-corrected chi connectivity index (χ2v) is 9.44. The Labute approximate surface area is 173 Å². The van der Waals surface area contributed by atoms with Gasteiger partial charge in [0.1, 0.15) is 5.75 Å². The quantitative estimate of drug-likeness (QED) is 0.690. The van der Waals surface area contributed by atoms with Gasteiger partial charge >= 0.3 is 0 Å². The number of ether oxygens (including phenoxy) is 1. The Hall–Kier alpha value is -2.37. The van der Waals surface area contributed by atoms with E-state index in [2.05, 4.69) is 37.8 Å². The highest BCUT2D eigenvalue weighted by Crippen LogP contribution is 2.30. The van der Waals surface area contributed by atoms with Crippen LogP contribution in [-0.2, 0) is 4.79 Å². The summed E-state index contributed by atoms with van der Waals surface area (Å²) < 4.78 is 10.8. The molecule has 0 radical (unpaired) electrons. The number of aromatic nitrogens is 2. The van der Waals surface area contributed by atoms with Crippen LogP contribution in [0, 0.1) is 11.3 Å². The molecule has 1 aromatic heterocycles. The van der Waals surface area contributed by atoms with E-state index >= 15 is 0 Å². The predicted octanol–water partition coefficient (Wildman–Crippen LogP) is 4.91. The molecule has 0 unspecified atom stereocenters. The van der Waals surface area contributed by atoms with Gasteiger partial charge in [-0.1, -0.05) is 45.0 Å². The van der Waals surface area contributed by atoms with Gasteiger partial charge in [0.15, 0.2) is 0 Å². The van der Waals surface area contributed by atoms with Crippen LogP contribution >= 0.6 is 0 Å². The lowest BCUT2D eigenvalue weighted by atomic mass is 9.84. The first-order valence-corrected chi connectivity index (χ1v) is 10.5. The average Bonchev–Trinajstić information content (AvgIpc) is 3.17. The number of hydrogen-bond acceptors (Lipinski definition) is 5. The molecule has 1 saturated heterocycles. The summed E-state index contributed by atoms with van der Waals surface area (Å²) in [5.74, 6) is 2.64. The van der Waals surface area contributed by atoms with Crippen molar-refractivity contribution in [1.29, 1.82) is 0 Å². The third kappa shape index (κ3) is 5.81. The van der Waals surface area contributed by atoms with E-state index < -0.39 is 0 Å². The molecule has 2 heterocycles. The maximum absolute atomic E-state index is 12.8. The second-order valence-electron chi connectivity index (χ2n) is 9.44. The van der Waals surface area contributed by atoms with Crippen molar-refractivity contribution in [3.63, 3.8) is 0 Å². The van der Waals surface area contributed by atoms with E-state index in [0.717, 1.165) is 37.1 Å². The molecule has 1 fully saturated rings. The van der Waals surface area contributed by atoms with Crippen molar-refractivity contribution in [2.24, 2.45) is 11.3 Å². The van der Waals surface area contributed by atoms with E-state index in [1.165, 1.54) is 0 Å². The van der Waals surface area contributed by atoms with Crippen molar-refractivity contribution in [3.05, 3.63) is 30.2 Å². The summed E-state index contributed by atoms with van der Waals surface area (Å²) in [4.78, 5) is 19.4. The van der Waals surface area contributed by atoms with Crippen molar-refractivity contribution in [2.75, 3.05) is 20.2 Å². The molecule has 2 aromatic rings. The molecular formula is C23H33N3O3. The molecule has 0 N–H and O–H groups in total. The third-order valence-electron chi connectivity index (χ3n) is 5.38. The summed E-state index contributed by atoms with van der Waals surface area (Å²) in [5.41, 5.74) is 1.10. The Kier molecular flexibility index (Phi) is 6.60. The molecule has 3 rings (SSSR count). The molecule has 1 aliphatic heterocycles. The van der Waals surface area contributed by atoms with Gasteiger partial charge in [0.25, 0.3) is 0 Å². The van der Waals surface area contributed by atoms with Gasteiger partial charge in [-0.15, -0.1) is 0 Å². The summed E-state index contributed by atoms with van der Waals surface area (Å²) in [6.45, 7) is 10.3. The van der Waals surface area contributed by atoms with Crippen LogP contribution < -0.4 is 4.74 Å². The molecule has 158 valence electrons. The monoisotopic (exact) mass is 399 g/mol. The molecule has 0 saturated carbocycles. The minimum Gasteiger partial charge on any atom is -0.497 e. The number of carbonyl (C=O) groups is 1. The van der Waals surface area contributed by atoms with Gasteiger partial charge in [-0.05, 0) is 42.7 Å². The molecule has 1 aliphatic rings. The summed E-state index contributed by atoms with van der Waals surface area (Å²) in [6, 6.07) is 7.62. The first kappa shape index (κ1) is 21.3. The van der Waals surface area contributed by atoms with Crippen molar-refractivity contribution >= 4 is 5.91 Å². The SMILES string of the molecule is COc1cccc(-c2noc([C@@H]3CCCN(C(=O)C[C@H](C)CC(C)(C)C)C3)n2)c1. The molecule has 0 spiro atoms. The van der Waals surface area contributed by atoms with Gasteiger partial charge in [0.2, 0.25) is 17.6 Å². The fourth-order valence-corrected chi connectivity index (χ4v) is 4.23.